The fourth-order valence-electron chi connectivity index (χ4n) is 3.73. The summed E-state index contributed by atoms with van der Waals surface area (Å²) >= 11 is 6.30. The van der Waals surface area contributed by atoms with Gasteiger partial charge in [-0.15, -0.1) is 0 Å². The van der Waals surface area contributed by atoms with Crippen LogP contribution in [0, 0.1) is 0 Å². The fraction of sp³-hybridized carbons (Fsp3) is 0.0400. The van der Waals surface area contributed by atoms with E-state index in [1.165, 1.54) is 43.3 Å². The number of benzene rings is 3. The molecule has 0 spiro atoms. The number of hydrogen-bond acceptors (Lipinski definition) is 5. The Balaban J connectivity index is 1.63. The predicted octanol–water partition coefficient (Wildman–Crippen LogP) is 4.42. The maximum Gasteiger partial charge on any atom is 0.284 e. The second kappa shape index (κ2) is 9.57. The summed E-state index contributed by atoms with van der Waals surface area (Å²) in [5, 5.41) is 8.64. The summed E-state index contributed by atoms with van der Waals surface area (Å²) in [4.78, 5) is 27.2. The van der Waals surface area contributed by atoms with Crippen molar-refractivity contribution in [3.8, 4) is 11.1 Å². The lowest BCUT2D eigenvalue weighted by Crippen LogP contribution is -2.14. The molecule has 0 aliphatic heterocycles. The Morgan fingerprint density at radius 2 is 1.78 bits per heavy atom. The van der Waals surface area contributed by atoms with Crippen LogP contribution in [-0.2, 0) is 14.8 Å². The molecule has 11 heteroatoms. The lowest BCUT2D eigenvalue weighted by Gasteiger charge is -2.12. The highest BCUT2D eigenvalue weighted by molar-refractivity contribution is 7.89. The van der Waals surface area contributed by atoms with Crippen molar-refractivity contribution in [2.75, 3.05) is 11.1 Å². The zero-order chi connectivity index (χ0) is 26.2. The average Bonchev–Trinajstić information content (AvgIpc) is 2.83. The van der Waals surface area contributed by atoms with E-state index in [1.807, 2.05) is 0 Å². The molecule has 0 aliphatic carbocycles. The minimum Gasteiger partial charge on any atom is -0.385 e. The Morgan fingerprint density at radius 1 is 1.06 bits per heavy atom. The minimum absolute atomic E-state index is 0.0143. The number of aromatic nitrogens is 1. The Kier molecular flexibility index (Phi) is 6.68. The smallest absolute Gasteiger partial charge is 0.284 e. The number of rotatable bonds is 5. The van der Waals surface area contributed by atoms with E-state index in [0.717, 1.165) is 0 Å². The van der Waals surface area contributed by atoms with Crippen molar-refractivity contribution in [2.24, 2.45) is 5.14 Å². The zero-order valence-corrected chi connectivity index (χ0v) is 20.4. The molecule has 8 nitrogen and oxygen atoms in total. The number of aromatic amines is 1. The quantitative estimate of drug-likeness (QED) is 0.284. The Hall–Kier alpha value is -3.99. The van der Waals surface area contributed by atoms with Gasteiger partial charge in [-0.05, 0) is 59.3 Å². The van der Waals surface area contributed by atoms with Gasteiger partial charge in [-0.1, -0.05) is 48.0 Å². The minimum atomic E-state index is -3.99. The van der Waals surface area contributed by atoms with Gasteiger partial charge in [0.1, 0.15) is 5.82 Å². The van der Waals surface area contributed by atoms with E-state index in [4.69, 9.17) is 22.5 Å². The van der Waals surface area contributed by atoms with Crippen molar-refractivity contribution in [1.29, 1.82) is 0 Å². The normalized spacial score (nSPS) is 12.3. The molecule has 0 fully saturated rings. The molecule has 1 aromatic heterocycles. The standard InChI is InChI=1S/C25H20ClFN4O4S/c1-13(14-6-7-16-12-22(28)31-24(32)18(16)10-14)23(27)25(33)30-20-9-8-15(11-19(20)26)17-4-2-3-5-21(17)36(29,34)35/h2-12H,1H3,(H,30,33)(H3,28,31,32)(H2,29,34,35)/b23-13+. The number of nitrogens with one attached hydrogen (secondary N) is 2. The van der Waals surface area contributed by atoms with Crippen LogP contribution in [0.25, 0.3) is 27.5 Å². The molecule has 0 saturated heterocycles. The summed E-state index contributed by atoms with van der Waals surface area (Å²) in [6, 6.07) is 16.8. The molecule has 1 amide bonds. The lowest BCUT2D eigenvalue weighted by atomic mass is 10.0. The molecule has 0 aliphatic rings. The number of primary sulfonamides is 1. The molecule has 36 heavy (non-hydrogen) atoms. The molecule has 184 valence electrons. The van der Waals surface area contributed by atoms with Gasteiger partial charge in [0.25, 0.3) is 11.5 Å². The largest absolute Gasteiger partial charge is 0.385 e. The van der Waals surface area contributed by atoms with Crippen LogP contribution in [0.1, 0.15) is 12.5 Å². The van der Waals surface area contributed by atoms with Gasteiger partial charge in [0.2, 0.25) is 10.0 Å². The van der Waals surface area contributed by atoms with Gasteiger partial charge in [0.05, 0.1) is 15.6 Å². The van der Waals surface area contributed by atoms with E-state index >= 15 is 4.39 Å². The third kappa shape index (κ3) is 5.01. The zero-order valence-electron chi connectivity index (χ0n) is 18.8. The van der Waals surface area contributed by atoms with E-state index in [1.54, 1.807) is 30.3 Å². The van der Waals surface area contributed by atoms with E-state index in [0.29, 0.717) is 27.5 Å². The Bertz CT molecular complexity index is 1730. The van der Waals surface area contributed by atoms with Crippen LogP contribution in [-0.4, -0.2) is 19.3 Å². The van der Waals surface area contributed by atoms with Crippen molar-refractivity contribution in [3.05, 3.63) is 93.5 Å². The maximum atomic E-state index is 15.0. The number of carbonyl (C=O) groups is 1. The van der Waals surface area contributed by atoms with E-state index in [-0.39, 0.29) is 27.0 Å². The summed E-state index contributed by atoms with van der Waals surface area (Å²) in [6.45, 7) is 1.41. The first-order chi connectivity index (χ1) is 17.0. The third-order valence-corrected chi connectivity index (χ3v) is 6.83. The van der Waals surface area contributed by atoms with E-state index < -0.39 is 27.3 Å². The van der Waals surface area contributed by atoms with Crippen LogP contribution in [0.4, 0.5) is 15.9 Å². The Morgan fingerprint density at radius 3 is 2.47 bits per heavy atom. The monoisotopic (exact) mass is 526 g/mol. The molecule has 0 saturated carbocycles. The maximum absolute atomic E-state index is 15.0. The number of allylic oxidation sites excluding steroid dienone is 1. The molecule has 6 N–H and O–H groups in total. The second-order valence-electron chi connectivity index (χ2n) is 7.98. The van der Waals surface area contributed by atoms with Crippen molar-refractivity contribution < 1.29 is 17.6 Å². The average molecular weight is 527 g/mol. The Labute approximate surface area is 210 Å². The first-order valence-corrected chi connectivity index (χ1v) is 12.4. The molecule has 0 bridgehead atoms. The number of fused-ring (bicyclic) bond motifs is 1. The van der Waals surface area contributed by atoms with Gasteiger partial charge in [0, 0.05) is 10.9 Å². The van der Waals surface area contributed by atoms with Gasteiger partial charge in [0.15, 0.2) is 5.83 Å². The number of sulfonamides is 1. The molecular formula is C25H20ClFN4O4S. The van der Waals surface area contributed by atoms with Gasteiger partial charge in [-0.2, -0.15) is 0 Å². The number of halogens is 2. The molecule has 4 aromatic rings. The summed E-state index contributed by atoms with van der Waals surface area (Å²) in [5.41, 5.74) is 6.45. The molecular weight excluding hydrogens is 507 g/mol. The van der Waals surface area contributed by atoms with Crippen molar-refractivity contribution >= 4 is 55.4 Å². The van der Waals surface area contributed by atoms with Crippen LogP contribution in [0.5, 0.6) is 0 Å². The third-order valence-electron chi connectivity index (χ3n) is 5.55. The molecule has 1 heterocycles. The molecule has 0 radical (unpaired) electrons. The van der Waals surface area contributed by atoms with Gasteiger partial charge < -0.3 is 16.0 Å². The summed E-state index contributed by atoms with van der Waals surface area (Å²) in [6.07, 6.45) is 0. The first-order valence-electron chi connectivity index (χ1n) is 10.5. The van der Waals surface area contributed by atoms with Gasteiger partial charge >= 0.3 is 0 Å². The van der Waals surface area contributed by atoms with Crippen molar-refractivity contribution in [3.63, 3.8) is 0 Å². The van der Waals surface area contributed by atoms with E-state index in [2.05, 4.69) is 10.3 Å². The van der Waals surface area contributed by atoms with Crippen LogP contribution < -0.4 is 21.7 Å². The predicted molar refractivity (Wildman–Crippen MR) is 140 cm³/mol. The van der Waals surface area contributed by atoms with Crippen LogP contribution in [0.15, 0.2) is 82.2 Å². The van der Waals surface area contributed by atoms with Crippen molar-refractivity contribution in [2.45, 2.75) is 11.8 Å². The molecule has 3 aromatic carbocycles. The number of amides is 1. The van der Waals surface area contributed by atoms with Crippen LogP contribution in [0.2, 0.25) is 5.02 Å². The first kappa shape index (κ1) is 25.1. The molecule has 0 atom stereocenters. The number of H-pyrrole nitrogens is 1. The number of carbonyl (C=O) groups excluding carboxylic acids is 1. The highest BCUT2D eigenvalue weighted by Crippen LogP contribution is 2.33. The number of hydrogen-bond donors (Lipinski definition) is 4. The SMILES string of the molecule is C/C(=C(\F)C(=O)Nc1ccc(-c2ccccc2S(N)(=O)=O)cc1Cl)c1ccc2cc(N)[nH]c(=O)c2c1. The number of nitrogens with two attached hydrogens (primary N) is 2. The number of nitrogen functional groups attached to an aromatic ring is 1. The van der Waals surface area contributed by atoms with E-state index in [9.17, 15) is 18.0 Å². The lowest BCUT2D eigenvalue weighted by molar-refractivity contribution is -0.114. The highest BCUT2D eigenvalue weighted by atomic mass is 35.5. The summed E-state index contributed by atoms with van der Waals surface area (Å²) in [7, 11) is -3.99. The summed E-state index contributed by atoms with van der Waals surface area (Å²) < 4.78 is 38.8. The highest BCUT2D eigenvalue weighted by Gasteiger charge is 2.18. The second-order valence-corrected chi connectivity index (χ2v) is 9.92. The van der Waals surface area contributed by atoms with Crippen molar-refractivity contribution in [1.82, 2.24) is 4.98 Å². The van der Waals surface area contributed by atoms with Crippen LogP contribution in [0.3, 0.4) is 0 Å². The number of pyridine rings is 1. The van der Waals surface area contributed by atoms with Gasteiger partial charge in [-0.3, -0.25) is 9.59 Å². The molecule has 4 rings (SSSR count). The topological polar surface area (TPSA) is 148 Å². The molecule has 0 unspecified atom stereocenters. The summed E-state index contributed by atoms with van der Waals surface area (Å²) in [5.74, 6) is -1.91. The van der Waals surface area contributed by atoms with Gasteiger partial charge in [-0.25, -0.2) is 17.9 Å². The fourth-order valence-corrected chi connectivity index (χ4v) is 4.71. The number of anilines is 2. The van der Waals surface area contributed by atoms with Crippen LogP contribution >= 0.6 is 11.6 Å².